The standard InChI is InChI=1S/C17H16N2O7/c20-15(9-16(21)11-3-1-5-13(7-11)18(23)24)10-17(22)12-4-2-6-14(8-12)19(25)26/h1-8,16-17,21-22H,9-10H2. The van der Waals surface area contributed by atoms with Crippen LogP contribution in [0.25, 0.3) is 0 Å². The van der Waals surface area contributed by atoms with Gasteiger partial charge < -0.3 is 10.2 Å². The number of hydrogen-bond donors (Lipinski definition) is 2. The SMILES string of the molecule is O=C(CC(O)c1cccc([N+](=O)[O-])c1)CC(O)c1cccc([N+](=O)[O-])c1. The zero-order valence-electron chi connectivity index (χ0n) is 13.5. The molecule has 0 saturated carbocycles. The maximum atomic E-state index is 12.1. The highest BCUT2D eigenvalue weighted by atomic mass is 16.6. The van der Waals surface area contributed by atoms with E-state index in [-0.39, 0.29) is 35.3 Å². The highest BCUT2D eigenvalue weighted by Gasteiger charge is 2.20. The van der Waals surface area contributed by atoms with E-state index in [0.29, 0.717) is 0 Å². The van der Waals surface area contributed by atoms with Crippen LogP contribution in [0.1, 0.15) is 36.2 Å². The molecule has 0 aromatic heterocycles. The third kappa shape index (κ3) is 4.91. The van der Waals surface area contributed by atoms with Gasteiger partial charge in [-0.05, 0) is 11.1 Å². The number of ketones is 1. The van der Waals surface area contributed by atoms with E-state index >= 15 is 0 Å². The number of carbonyl (C=O) groups excluding carboxylic acids is 1. The number of carbonyl (C=O) groups is 1. The molecule has 0 amide bonds. The van der Waals surface area contributed by atoms with Gasteiger partial charge in [-0.2, -0.15) is 0 Å². The van der Waals surface area contributed by atoms with Crippen LogP contribution in [-0.2, 0) is 4.79 Å². The number of rotatable bonds is 8. The lowest BCUT2D eigenvalue weighted by molar-refractivity contribution is -0.385. The predicted octanol–water partition coefficient (Wildman–Crippen LogP) is 2.62. The minimum atomic E-state index is -1.25. The number of Topliss-reactive ketones (excluding diaryl/α,β-unsaturated/α-hetero) is 1. The van der Waals surface area contributed by atoms with Crippen molar-refractivity contribution in [2.45, 2.75) is 25.0 Å². The molecule has 0 bridgehead atoms. The van der Waals surface area contributed by atoms with Gasteiger partial charge in [0.2, 0.25) is 0 Å². The molecule has 26 heavy (non-hydrogen) atoms. The smallest absolute Gasteiger partial charge is 0.269 e. The minimum absolute atomic E-state index is 0.203. The first-order valence-electron chi connectivity index (χ1n) is 7.64. The quantitative estimate of drug-likeness (QED) is 0.544. The number of benzene rings is 2. The van der Waals surface area contributed by atoms with E-state index in [1.807, 2.05) is 0 Å². The Labute approximate surface area is 147 Å². The van der Waals surface area contributed by atoms with Crippen molar-refractivity contribution < 1.29 is 24.9 Å². The number of nitrogens with zero attached hydrogens (tertiary/aromatic N) is 2. The van der Waals surface area contributed by atoms with Gasteiger partial charge in [0.25, 0.3) is 11.4 Å². The van der Waals surface area contributed by atoms with Crippen molar-refractivity contribution in [3.63, 3.8) is 0 Å². The number of non-ortho nitro benzene ring substituents is 2. The second-order valence-electron chi connectivity index (χ2n) is 5.68. The van der Waals surface area contributed by atoms with Crippen molar-refractivity contribution in [2.75, 3.05) is 0 Å². The highest BCUT2D eigenvalue weighted by molar-refractivity contribution is 5.79. The highest BCUT2D eigenvalue weighted by Crippen LogP contribution is 2.25. The van der Waals surface area contributed by atoms with Crippen LogP contribution in [0.3, 0.4) is 0 Å². The van der Waals surface area contributed by atoms with Crippen LogP contribution >= 0.6 is 0 Å². The molecule has 0 spiro atoms. The zero-order valence-corrected chi connectivity index (χ0v) is 13.5. The van der Waals surface area contributed by atoms with E-state index in [1.54, 1.807) is 0 Å². The van der Waals surface area contributed by atoms with Gasteiger partial charge in [0, 0.05) is 37.1 Å². The topological polar surface area (TPSA) is 144 Å². The molecule has 0 aliphatic heterocycles. The number of aliphatic hydroxyl groups is 2. The molecule has 0 aliphatic rings. The van der Waals surface area contributed by atoms with E-state index in [1.165, 1.54) is 48.5 Å². The Morgan fingerprint density at radius 1 is 0.846 bits per heavy atom. The fraction of sp³-hybridized carbons (Fsp3) is 0.235. The average molecular weight is 360 g/mol. The first-order valence-corrected chi connectivity index (χ1v) is 7.64. The monoisotopic (exact) mass is 360 g/mol. The average Bonchev–Trinajstić information content (AvgIpc) is 2.61. The van der Waals surface area contributed by atoms with Crippen molar-refractivity contribution in [1.29, 1.82) is 0 Å². The first kappa shape index (κ1) is 19.2. The molecule has 9 heteroatoms. The van der Waals surface area contributed by atoms with Gasteiger partial charge in [0.1, 0.15) is 5.78 Å². The molecule has 0 aliphatic carbocycles. The van der Waals surface area contributed by atoms with Crippen LogP contribution in [-0.4, -0.2) is 25.8 Å². The largest absolute Gasteiger partial charge is 0.388 e. The molecule has 2 N–H and O–H groups in total. The number of nitro groups is 2. The van der Waals surface area contributed by atoms with Crippen LogP contribution < -0.4 is 0 Å². The molecule has 0 radical (unpaired) electrons. The summed E-state index contributed by atoms with van der Waals surface area (Å²) in [4.78, 5) is 32.3. The molecule has 2 aromatic carbocycles. The van der Waals surface area contributed by atoms with Gasteiger partial charge in [-0.15, -0.1) is 0 Å². The van der Waals surface area contributed by atoms with E-state index in [9.17, 15) is 35.2 Å². The molecule has 136 valence electrons. The third-order valence-corrected chi connectivity index (χ3v) is 3.77. The molecular formula is C17H16N2O7. The molecule has 0 fully saturated rings. The van der Waals surface area contributed by atoms with Crippen molar-refractivity contribution in [2.24, 2.45) is 0 Å². The Balaban J connectivity index is 2.01. The van der Waals surface area contributed by atoms with E-state index in [2.05, 4.69) is 0 Å². The maximum absolute atomic E-state index is 12.1. The van der Waals surface area contributed by atoms with Crippen molar-refractivity contribution in [3.05, 3.63) is 79.9 Å². The maximum Gasteiger partial charge on any atom is 0.269 e. The lowest BCUT2D eigenvalue weighted by atomic mass is 9.98. The number of hydrogen-bond acceptors (Lipinski definition) is 7. The van der Waals surface area contributed by atoms with Gasteiger partial charge in [-0.25, -0.2) is 0 Å². The zero-order chi connectivity index (χ0) is 19.3. The minimum Gasteiger partial charge on any atom is -0.388 e. The van der Waals surface area contributed by atoms with Gasteiger partial charge in [0.05, 0.1) is 22.1 Å². The Morgan fingerprint density at radius 2 is 1.23 bits per heavy atom. The van der Waals surface area contributed by atoms with Crippen LogP contribution in [0.5, 0.6) is 0 Å². The molecule has 2 rings (SSSR count). The van der Waals surface area contributed by atoms with Gasteiger partial charge in [0.15, 0.2) is 0 Å². The van der Waals surface area contributed by atoms with Crippen LogP contribution in [0, 0.1) is 20.2 Å². The van der Waals surface area contributed by atoms with Gasteiger partial charge in [-0.1, -0.05) is 24.3 Å². The number of nitro benzene ring substituents is 2. The summed E-state index contributed by atoms with van der Waals surface area (Å²) in [6.45, 7) is 0. The molecule has 2 aromatic rings. The normalized spacial score (nSPS) is 13.0. The van der Waals surface area contributed by atoms with Gasteiger partial charge >= 0.3 is 0 Å². The van der Waals surface area contributed by atoms with Gasteiger partial charge in [-0.3, -0.25) is 25.0 Å². The summed E-state index contributed by atoms with van der Waals surface area (Å²) in [5.41, 5.74) is 0.0334. The predicted molar refractivity (Wildman–Crippen MR) is 90.4 cm³/mol. The summed E-state index contributed by atoms with van der Waals surface area (Å²) in [6, 6.07) is 10.6. The van der Waals surface area contributed by atoms with Crippen molar-refractivity contribution in [3.8, 4) is 0 Å². The Bertz CT molecular complexity index is 770. The molecular weight excluding hydrogens is 344 g/mol. The summed E-state index contributed by atoms with van der Waals surface area (Å²) in [5, 5.41) is 41.7. The van der Waals surface area contributed by atoms with Crippen LogP contribution in [0.15, 0.2) is 48.5 Å². The van der Waals surface area contributed by atoms with Crippen LogP contribution in [0.4, 0.5) is 11.4 Å². The lowest BCUT2D eigenvalue weighted by Crippen LogP contribution is -2.11. The third-order valence-electron chi connectivity index (χ3n) is 3.77. The van der Waals surface area contributed by atoms with E-state index in [0.717, 1.165) is 0 Å². The summed E-state index contributed by atoms with van der Waals surface area (Å²) in [5.74, 6) is -0.483. The first-order chi connectivity index (χ1) is 12.3. The molecule has 2 unspecified atom stereocenters. The Hall–Kier alpha value is -3.17. The summed E-state index contributed by atoms with van der Waals surface area (Å²) in [6.07, 6.45) is -3.18. The van der Waals surface area contributed by atoms with E-state index < -0.39 is 27.8 Å². The van der Waals surface area contributed by atoms with Crippen molar-refractivity contribution in [1.82, 2.24) is 0 Å². The fourth-order valence-corrected chi connectivity index (χ4v) is 2.44. The summed E-state index contributed by atoms with van der Waals surface area (Å²) < 4.78 is 0. The second-order valence-corrected chi connectivity index (χ2v) is 5.68. The Morgan fingerprint density at radius 3 is 1.58 bits per heavy atom. The second kappa shape index (κ2) is 8.28. The van der Waals surface area contributed by atoms with Crippen LogP contribution in [0.2, 0.25) is 0 Å². The Kier molecular flexibility index (Phi) is 6.10. The molecule has 2 atom stereocenters. The lowest BCUT2D eigenvalue weighted by Gasteiger charge is -2.13. The van der Waals surface area contributed by atoms with Crippen molar-refractivity contribution >= 4 is 17.2 Å². The number of aliphatic hydroxyl groups excluding tert-OH is 2. The summed E-state index contributed by atoms with van der Waals surface area (Å²) >= 11 is 0. The molecule has 0 saturated heterocycles. The summed E-state index contributed by atoms with van der Waals surface area (Å²) in [7, 11) is 0. The van der Waals surface area contributed by atoms with E-state index in [4.69, 9.17) is 0 Å². The fourth-order valence-electron chi connectivity index (χ4n) is 2.44. The molecule has 9 nitrogen and oxygen atoms in total. The molecule has 0 heterocycles.